The lowest BCUT2D eigenvalue weighted by atomic mass is 10.2. The van der Waals surface area contributed by atoms with Crippen molar-refractivity contribution in [3.63, 3.8) is 0 Å². The van der Waals surface area contributed by atoms with Crippen LogP contribution in [-0.2, 0) is 28.7 Å². The Morgan fingerprint density at radius 2 is 2.03 bits per heavy atom. The van der Waals surface area contributed by atoms with E-state index in [2.05, 4.69) is 19.8 Å². The van der Waals surface area contributed by atoms with Gasteiger partial charge in [-0.2, -0.15) is 0 Å². The van der Waals surface area contributed by atoms with Crippen LogP contribution in [0.15, 0.2) is 18.2 Å². The van der Waals surface area contributed by atoms with Gasteiger partial charge in [-0.3, -0.25) is 9.36 Å². The van der Waals surface area contributed by atoms with Crippen molar-refractivity contribution < 1.29 is 28.5 Å². The van der Waals surface area contributed by atoms with Crippen molar-refractivity contribution in [2.45, 2.75) is 39.4 Å². The van der Waals surface area contributed by atoms with E-state index in [1.807, 2.05) is 16.1 Å². The second-order valence-electron chi connectivity index (χ2n) is 7.55. The molecule has 14 heteroatoms. The van der Waals surface area contributed by atoms with Crippen LogP contribution in [0, 0.1) is 0 Å². The summed E-state index contributed by atoms with van der Waals surface area (Å²) < 4.78 is 20.4. The van der Waals surface area contributed by atoms with Gasteiger partial charge >= 0.3 is 7.60 Å². The average Bonchev–Trinajstić information content (AvgIpc) is 3.09. The minimum absolute atomic E-state index is 0.0314. The number of aromatic hydroxyl groups is 1. The molecule has 3 rings (SSSR count). The molecule has 12 nitrogen and oxygen atoms in total. The molecule has 0 radical (unpaired) electrons. The highest BCUT2D eigenvalue weighted by Crippen LogP contribution is 2.41. The average molecular weight is 513 g/mol. The number of phenols is 1. The fraction of sp³-hybridized carbons (Fsp3) is 0.400. The summed E-state index contributed by atoms with van der Waals surface area (Å²) in [6, 6.07) is 5.03. The lowest BCUT2D eigenvalue weighted by Gasteiger charge is -2.09. The lowest BCUT2D eigenvalue weighted by molar-refractivity contribution is -0.676. The van der Waals surface area contributed by atoms with E-state index in [4.69, 9.17) is 23.1 Å². The predicted octanol–water partition coefficient (Wildman–Crippen LogP) is 1.80. The van der Waals surface area contributed by atoms with Crippen LogP contribution >= 0.6 is 19.2 Å². The SMILES string of the molecule is CC[n+]1c(CNC(=O)c2nc(Cl)c(N)nc2N)n(CCCCP(=O)(O)OC)c2cc(O)ccc21. The third-order valence-corrected chi connectivity index (χ3v) is 7.09. The Morgan fingerprint density at radius 1 is 1.29 bits per heavy atom. The summed E-state index contributed by atoms with van der Waals surface area (Å²) in [6.45, 7) is 3.16. The highest BCUT2D eigenvalue weighted by Gasteiger charge is 2.26. The van der Waals surface area contributed by atoms with Crippen LogP contribution in [0.2, 0.25) is 5.15 Å². The Labute approximate surface area is 201 Å². The number of nitrogens with two attached hydrogens (primary N) is 2. The van der Waals surface area contributed by atoms with Gasteiger partial charge in [-0.25, -0.2) is 19.1 Å². The molecule has 3 aromatic rings. The highest BCUT2D eigenvalue weighted by atomic mass is 35.5. The molecule has 2 aromatic heterocycles. The van der Waals surface area contributed by atoms with Gasteiger partial charge in [0.05, 0.1) is 19.3 Å². The number of carbonyl (C=O) groups excluding carboxylic acids is 1. The van der Waals surface area contributed by atoms with Crippen molar-refractivity contribution in [1.29, 1.82) is 0 Å². The third kappa shape index (κ3) is 5.58. The number of nitrogens with zero attached hydrogens (tertiary/aromatic N) is 4. The number of fused-ring (bicyclic) bond motifs is 1. The molecule has 2 heterocycles. The molecule has 1 unspecified atom stereocenters. The molecule has 0 saturated heterocycles. The molecule has 0 spiro atoms. The summed E-state index contributed by atoms with van der Waals surface area (Å²) >= 11 is 5.89. The van der Waals surface area contributed by atoms with Gasteiger partial charge in [0, 0.05) is 13.2 Å². The normalized spacial score (nSPS) is 13.2. The molecule has 0 fully saturated rings. The third-order valence-electron chi connectivity index (χ3n) is 5.36. The van der Waals surface area contributed by atoms with Crippen LogP contribution < -0.4 is 21.4 Å². The molecule has 0 saturated carbocycles. The highest BCUT2D eigenvalue weighted by molar-refractivity contribution is 7.52. The predicted molar refractivity (Wildman–Crippen MR) is 127 cm³/mol. The Hall–Kier alpha value is -2.92. The minimum atomic E-state index is -3.59. The molecular formula is C20H28ClN7O5P+. The maximum atomic E-state index is 12.8. The largest absolute Gasteiger partial charge is 0.508 e. The molecule has 0 aliphatic heterocycles. The number of aromatic nitrogens is 4. The lowest BCUT2D eigenvalue weighted by Crippen LogP contribution is -2.40. The number of imidazole rings is 1. The van der Waals surface area contributed by atoms with Gasteiger partial charge in [0.15, 0.2) is 33.5 Å². The zero-order valence-electron chi connectivity index (χ0n) is 18.9. The van der Waals surface area contributed by atoms with E-state index < -0.39 is 13.5 Å². The van der Waals surface area contributed by atoms with Gasteiger partial charge in [0.1, 0.15) is 12.3 Å². The number of unbranched alkanes of at least 4 members (excludes halogenated alkanes) is 1. The van der Waals surface area contributed by atoms with Crippen LogP contribution in [0.5, 0.6) is 5.75 Å². The Morgan fingerprint density at radius 3 is 2.71 bits per heavy atom. The fourth-order valence-electron chi connectivity index (χ4n) is 3.70. The van der Waals surface area contributed by atoms with E-state index in [-0.39, 0.29) is 40.9 Å². The Bertz CT molecular complexity index is 1270. The molecule has 1 atom stereocenters. The molecule has 184 valence electrons. The van der Waals surface area contributed by atoms with E-state index in [1.54, 1.807) is 18.2 Å². The summed E-state index contributed by atoms with van der Waals surface area (Å²) in [6.07, 6.45) is 1.06. The van der Waals surface area contributed by atoms with E-state index >= 15 is 0 Å². The maximum absolute atomic E-state index is 12.8. The van der Waals surface area contributed by atoms with Crippen molar-refractivity contribution >= 4 is 47.8 Å². The summed E-state index contributed by atoms with van der Waals surface area (Å²) in [4.78, 5) is 30.2. The molecule has 34 heavy (non-hydrogen) atoms. The van der Waals surface area contributed by atoms with E-state index in [9.17, 15) is 19.4 Å². The number of phenolic OH excluding ortho intramolecular Hbond substituents is 1. The first-order valence-electron chi connectivity index (χ1n) is 10.6. The van der Waals surface area contributed by atoms with Crippen molar-refractivity contribution in [1.82, 2.24) is 19.9 Å². The second-order valence-corrected chi connectivity index (χ2v) is 10.00. The fourth-order valence-corrected chi connectivity index (χ4v) is 4.63. The Kier molecular flexibility index (Phi) is 7.98. The van der Waals surface area contributed by atoms with E-state index in [1.165, 1.54) is 7.11 Å². The first-order chi connectivity index (χ1) is 16.1. The summed E-state index contributed by atoms with van der Waals surface area (Å²) in [5.41, 5.74) is 12.9. The van der Waals surface area contributed by atoms with E-state index in [0.717, 1.165) is 16.9 Å². The van der Waals surface area contributed by atoms with Crippen molar-refractivity contribution in [3.05, 3.63) is 34.9 Å². The number of amides is 1. The van der Waals surface area contributed by atoms with Gasteiger partial charge in [-0.1, -0.05) is 11.6 Å². The first-order valence-corrected chi connectivity index (χ1v) is 12.7. The van der Waals surface area contributed by atoms with Crippen molar-refractivity contribution in [3.8, 4) is 5.75 Å². The number of anilines is 2. The van der Waals surface area contributed by atoms with Gasteiger partial charge in [0.25, 0.3) is 11.7 Å². The molecular weight excluding hydrogens is 485 g/mol. The van der Waals surface area contributed by atoms with Crippen LogP contribution in [0.25, 0.3) is 11.0 Å². The molecule has 0 aliphatic carbocycles. The quantitative estimate of drug-likeness (QED) is 0.153. The van der Waals surface area contributed by atoms with Gasteiger partial charge < -0.3 is 31.3 Å². The smallest absolute Gasteiger partial charge is 0.327 e. The number of nitrogens with one attached hydrogen (secondary N) is 1. The molecule has 1 amide bonds. The summed E-state index contributed by atoms with van der Waals surface area (Å²) in [5, 5.41) is 12.7. The molecule has 1 aromatic carbocycles. The van der Waals surface area contributed by atoms with Crippen molar-refractivity contribution in [2.75, 3.05) is 24.7 Å². The number of carbonyl (C=O) groups is 1. The van der Waals surface area contributed by atoms with Gasteiger partial charge in [0.2, 0.25) is 0 Å². The summed E-state index contributed by atoms with van der Waals surface area (Å²) in [7, 11) is -2.38. The monoisotopic (exact) mass is 512 g/mol. The number of hydrogen-bond donors (Lipinski definition) is 5. The number of rotatable bonds is 10. The van der Waals surface area contributed by atoms with Crippen LogP contribution in [0.4, 0.5) is 11.6 Å². The number of hydrogen-bond acceptors (Lipinski definition) is 8. The first kappa shape index (κ1) is 25.7. The number of halogens is 1. The second kappa shape index (κ2) is 10.6. The van der Waals surface area contributed by atoms with Gasteiger partial charge in [-0.05, 0) is 31.9 Å². The topological polar surface area (TPSA) is 182 Å². The van der Waals surface area contributed by atoms with Gasteiger partial charge in [-0.15, -0.1) is 0 Å². The minimum Gasteiger partial charge on any atom is -0.508 e. The molecule has 7 N–H and O–H groups in total. The number of aryl methyl sites for hydroxylation is 2. The van der Waals surface area contributed by atoms with Crippen LogP contribution in [-0.4, -0.2) is 43.7 Å². The molecule has 0 bridgehead atoms. The zero-order chi connectivity index (χ0) is 25.0. The summed E-state index contributed by atoms with van der Waals surface area (Å²) in [5.74, 6) is 0.0723. The molecule has 0 aliphatic rings. The Balaban J connectivity index is 1.89. The number of benzene rings is 1. The standard InChI is InChI=1S/C20H27ClN7O5P/c1-3-27-13-7-6-12(29)10-14(13)28(8-4-5-9-34(31,32)33-2)15(27)11-24-20(30)16-18(22)26-19(23)17(21)25-16/h6-7,10H,3-5,8-9,11H2,1-2H3,(H6-,22,23,24,26,29,30,31,32)/p+1. The number of nitrogen functional groups attached to an aromatic ring is 2. The van der Waals surface area contributed by atoms with E-state index in [0.29, 0.717) is 25.9 Å². The van der Waals surface area contributed by atoms with Crippen LogP contribution in [0.1, 0.15) is 36.1 Å². The van der Waals surface area contributed by atoms with Crippen molar-refractivity contribution in [2.24, 2.45) is 0 Å². The maximum Gasteiger partial charge on any atom is 0.327 e. The van der Waals surface area contributed by atoms with Crippen LogP contribution in [0.3, 0.4) is 0 Å². The zero-order valence-corrected chi connectivity index (χ0v) is 20.5.